The highest BCUT2D eigenvalue weighted by atomic mass is 32.1. The van der Waals surface area contributed by atoms with E-state index in [0.717, 1.165) is 26.9 Å². The van der Waals surface area contributed by atoms with Crippen molar-refractivity contribution >= 4 is 44.0 Å². The molecule has 0 spiro atoms. The van der Waals surface area contributed by atoms with Crippen LogP contribution in [0.5, 0.6) is 0 Å². The van der Waals surface area contributed by atoms with Crippen LogP contribution in [0.2, 0.25) is 0 Å². The third kappa shape index (κ3) is 4.28. The molecule has 0 radical (unpaired) electrons. The van der Waals surface area contributed by atoms with Gasteiger partial charge in [-0.25, -0.2) is 15.0 Å². The number of para-hydroxylation sites is 1. The Kier molecular flexibility index (Phi) is 5.84. The van der Waals surface area contributed by atoms with Crippen molar-refractivity contribution in [1.29, 1.82) is 0 Å². The van der Waals surface area contributed by atoms with Gasteiger partial charge in [0.25, 0.3) is 0 Å². The van der Waals surface area contributed by atoms with Crippen LogP contribution in [0.25, 0.3) is 10.2 Å². The number of aromatic nitrogens is 3. The summed E-state index contributed by atoms with van der Waals surface area (Å²) >= 11 is 1.41. The van der Waals surface area contributed by atoms with E-state index in [1.807, 2.05) is 85.8 Å². The van der Waals surface area contributed by atoms with Crippen LogP contribution in [-0.2, 0) is 0 Å². The van der Waals surface area contributed by atoms with Gasteiger partial charge in [-0.15, -0.1) is 0 Å². The number of hydrogen-bond acceptors (Lipinski definition) is 8. The monoisotopic (exact) mass is 468 g/mol. The Hall–Kier alpha value is -4.37. The Morgan fingerprint density at radius 2 is 1.53 bits per heavy atom. The van der Waals surface area contributed by atoms with Crippen LogP contribution < -0.4 is 10.6 Å². The molecule has 8 nitrogen and oxygen atoms in total. The van der Waals surface area contributed by atoms with Crippen molar-refractivity contribution < 1.29 is 4.92 Å². The number of nitrogens with zero attached hydrogens (tertiary/aromatic N) is 4. The first kappa shape index (κ1) is 21.5. The van der Waals surface area contributed by atoms with Gasteiger partial charge in [0.1, 0.15) is 6.33 Å². The predicted octanol–water partition coefficient (Wildman–Crippen LogP) is 6.25. The minimum absolute atomic E-state index is 0.0825. The standard InChI is InChI=1S/C25H20N6O2S/c1-16-9-8-14-19-20(16)29-25(34-19)30-24-22(31(32)33)23(26-15-27-24)28-21(17-10-4-2-5-11-17)18-12-6-3-7-13-18/h2-15,21H,1H3,(H2,26,27,28,29,30). The summed E-state index contributed by atoms with van der Waals surface area (Å²) in [5.41, 5.74) is 3.57. The molecule has 0 aliphatic heterocycles. The first-order valence-corrected chi connectivity index (χ1v) is 11.4. The van der Waals surface area contributed by atoms with E-state index in [1.54, 1.807) is 0 Å². The average molecular weight is 469 g/mol. The zero-order valence-corrected chi connectivity index (χ0v) is 19.0. The fourth-order valence-electron chi connectivity index (χ4n) is 3.78. The lowest BCUT2D eigenvalue weighted by Gasteiger charge is -2.20. The van der Waals surface area contributed by atoms with Crippen molar-refractivity contribution in [2.45, 2.75) is 13.0 Å². The van der Waals surface area contributed by atoms with Crippen molar-refractivity contribution in [2.75, 3.05) is 10.6 Å². The minimum atomic E-state index is -0.476. The third-order valence-electron chi connectivity index (χ3n) is 5.40. The van der Waals surface area contributed by atoms with Crippen LogP contribution in [0, 0.1) is 17.0 Å². The number of aryl methyl sites for hydroxylation is 1. The maximum absolute atomic E-state index is 12.1. The highest BCUT2D eigenvalue weighted by Gasteiger charge is 2.27. The summed E-state index contributed by atoms with van der Waals surface area (Å²) in [5, 5.41) is 19.0. The number of rotatable bonds is 7. The van der Waals surface area contributed by atoms with Gasteiger partial charge in [0, 0.05) is 0 Å². The van der Waals surface area contributed by atoms with Gasteiger partial charge in [-0.2, -0.15) is 0 Å². The molecule has 2 aromatic heterocycles. The summed E-state index contributed by atoms with van der Waals surface area (Å²) in [6.45, 7) is 1.98. The molecule has 0 fully saturated rings. The third-order valence-corrected chi connectivity index (χ3v) is 6.33. The fraction of sp³-hybridized carbons (Fsp3) is 0.0800. The molecule has 5 aromatic rings. The van der Waals surface area contributed by atoms with Gasteiger partial charge in [0.15, 0.2) is 5.13 Å². The Morgan fingerprint density at radius 3 is 2.15 bits per heavy atom. The molecule has 9 heteroatoms. The molecule has 0 unspecified atom stereocenters. The normalized spacial score (nSPS) is 11.0. The van der Waals surface area contributed by atoms with E-state index < -0.39 is 4.92 Å². The Labute approximate surface area is 199 Å². The quantitative estimate of drug-likeness (QED) is 0.215. The second kappa shape index (κ2) is 9.24. The summed E-state index contributed by atoms with van der Waals surface area (Å²) in [5.74, 6) is 0.205. The van der Waals surface area contributed by atoms with Crippen molar-refractivity contribution in [1.82, 2.24) is 15.0 Å². The van der Waals surface area contributed by atoms with E-state index >= 15 is 0 Å². The van der Waals surface area contributed by atoms with Crippen molar-refractivity contribution in [3.8, 4) is 0 Å². The lowest BCUT2D eigenvalue weighted by Crippen LogP contribution is -2.15. The smallest absolute Gasteiger partial charge is 0.353 e. The van der Waals surface area contributed by atoms with Gasteiger partial charge in [0.2, 0.25) is 11.6 Å². The van der Waals surface area contributed by atoms with Crippen LogP contribution in [0.1, 0.15) is 22.7 Å². The minimum Gasteiger partial charge on any atom is -0.353 e. The second-order valence-electron chi connectivity index (χ2n) is 7.64. The molecule has 0 aliphatic rings. The predicted molar refractivity (Wildman–Crippen MR) is 135 cm³/mol. The number of benzene rings is 3. The number of nitro groups is 1. The molecule has 5 rings (SSSR count). The molecule has 0 saturated heterocycles. The van der Waals surface area contributed by atoms with Gasteiger partial charge in [-0.1, -0.05) is 84.1 Å². The Balaban J connectivity index is 1.54. The van der Waals surface area contributed by atoms with Crippen LogP contribution in [-0.4, -0.2) is 19.9 Å². The molecule has 0 saturated carbocycles. The fourth-order valence-corrected chi connectivity index (χ4v) is 4.72. The molecule has 2 heterocycles. The van der Waals surface area contributed by atoms with Gasteiger partial charge in [-0.3, -0.25) is 10.1 Å². The molecule has 0 atom stereocenters. The number of hydrogen-bond donors (Lipinski definition) is 2. The largest absolute Gasteiger partial charge is 0.353 e. The maximum atomic E-state index is 12.1. The summed E-state index contributed by atoms with van der Waals surface area (Å²) in [6, 6.07) is 25.1. The van der Waals surface area contributed by atoms with Crippen molar-refractivity contribution in [2.24, 2.45) is 0 Å². The topological polar surface area (TPSA) is 106 Å². The summed E-state index contributed by atoms with van der Waals surface area (Å²) in [7, 11) is 0. The number of fused-ring (bicyclic) bond motifs is 1. The summed E-state index contributed by atoms with van der Waals surface area (Å²) < 4.78 is 0.991. The van der Waals surface area contributed by atoms with Crippen molar-refractivity contribution in [3.05, 3.63) is 112 Å². The lowest BCUT2D eigenvalue weighted by atomic mass is 9.99. The molecular weight excluding hydrogens is 448 g/mol. The SMILES string of the molecule is Cc1cccc2sc(Nc3ncnc(NC(c4ccccc4)c4ccccc4)c3[N+](=O)[O-])nc12. The highest BCUT2D eigenvalue weighted by Crippen LogP contribution is 2.37. The Morgan fingerprint density at radius 1 is 0.882 bits per heavy atom. The second-order valence-corrected chi connectivity index (χ2v) is 8.67. The number of nitrogens with one attached hydrogen (secondary N) is 2. The van der Waals surface area contributed by atoms with Crippen molar-refractivity contribution in [3.63, 3.8) is 0 Å². The van der Waals surface area contributed by atoms with E-state index in [1.165, 1.54) is 17.7 Å². The van der Waals surface area contributed by atoms with Gasteiger partial charge < -0.3 is 10.6 Å². The first-order valence-electron chi connectivity index (χ1n) is 10.6. The molecule has 2 N–H and O–H groups in total. The zero-order valence-electron chi connectivity index (χ0n) is 18.2. The van der Waals surface area contributed by atoms with Gasteiger partial charge in [0.05, 0.1) is 21.2 Å². The highest BCUT2D eigenvalue weighted by molar-refractivity contribution is 7.22. The maximum Gasteiger partial charge on any atom is 0.353 e. The van der Waals surface area contributed by atoms with Crippen LogP contribution in [0.15, 0.2) is 85.2 Å². The molecule has 3 aromatic carbocycles. The lowest BCUT2D eigenvalue weighted by molar-refractivity contribution is -0.383. The molecular formula is C25H20N6O2S. The Bertz CT molecular complexity index is 1420. The van der Waals surface area contributed by atoms with Crippen LogP contribution >= 0.6 is 11.3 Å². The summed E-state index contributed by atoms with van der Waals surface area (Å²) in [4.78, 5) is 24.7. The van der Waals surface area contributed by atoms with E-state index in [4.69, 9.17) is 0 Å². The molecule has 0 amide bonds. The van der Waals surface area contributed by atoms with Gasteiger partial charge >= 0.3 is 5.69 Å². The first-order chi connectivity index (χ1) is 16.6. The molecule has 0 bridgehead atoms. The molecule has 168 valence electrons. The van der Waals surface area contributed by atoms with Gasteiger partial charge in [-0.05, 0) is 29.7 Å². The average Bonchev–Trinajstić information content (AvgIpc) is 3.27. The number of thiazole rings is 1. The molecule has 34 heavy (non-hydrogen) atoms. The van der Waals surface area contributed by atoms with E-state index in [2.05, 4.69) is 25.6 Å². The van der Waals surface area contributed by atoms with E-state index in [0.29, 0.717) is 5.13 Å². The summed E-state index contributed by atoms with van der Waals surface area (Å²) in [6.07, 6.45) is 1.31. The zero-order chi connectivity index (χ0) is 23.5. The van der Waals surface area contributed by atoms with E-state index in [-0.39, 0.29) is 23.4 Å². The number of anilines is 3. The van der Waals surface area contributed by atoms with Crippen LogP contribution in [0.3, 0.4) is 0 Å². The molecule has 0 aliphatic carbocycles. The van der Waals surface area contributed by atoms with E-state index in [9.17, 15) is 10.1 Å². The van der Waals surface area contributed by atoms with Crippen LogP contribution in [0.4, 0.5) is 22.5 Å².